The first-order valence-electron chi connectivity index (χ1n) is 3.67. The summed E-state index contributed by atoms with van der Waals surface area (Å²) in [4.78, 5) is 11.9. The van der Waals surface area contributed by atoms with E-state index in [2.05, 4.69) is 0 Å². The van der Waals surface area contributed by atoms with Gasteiger partial charge < -0.3 is 10.0 Å². The Labute approximate surface area is 60.6 Å². The molecular formula is C7H13NO2. The fourth-order valence-corrected chi connectivity index (χ4v) is 0.948. The van der Waals surface area contributed by atoms with E-state index in [9.17, 15) is 4.79 Å². The second-order valence-corrected chi connectivity index (χ2v) is 2.77. The summed E-state index contributed by atoms with van der Waals surface area (Å²) >= 11 is 0. The van der Waals surface area contributed by atoms with Crippen LogP contribution in [-0.2, 0) is 4.79 Å². The zero-order chi connectivity index (χ0) is 7.40. The second kappa shape index (κ2) is 3.56. The third-order valence-electron chi connectivity index (χ3n) is 1.73. The van der Waals surface area contributed by atoms with Gasteiger partial charge in [-0.2, -0.15) is 0 Å². The van der Waals surface area contributed by atoms with E-state index in [1.807, 2.05) is 0 Å². The minimum absolute atomic E-state index is 0.0749. The molecule has 0 saturated heterocycles. The Morgan fingerprint density at radius 1 is 1.60 bits per heavy atom. The van der Waals surface area contributed by atoms with Crippen LogP contribution in [0.25, 0.3) is 0 Å². The lowest BCUT2D eigenvalue weighted by atomic mass is 10.4. The summed E-state index contributed by atoms with van der Waals surface area (Å²) in [6, 6.07) is 0. The Morgan fingerprint density at radius 3 is 2.70 bits per heavy atom. The van der Waals surface area contributed by atoms with Crippen LogP contribution < -0.4 is 0 Å². The number of carbonyl (C=O) groups excluding carboxylic acids is 1. The molecule has 0 aromatic rings. The molecule has 10 heavy (non-hydrogen) atoms. The van der Waals surface area contributed by atoms with Gasteiger partial charge in [0, 0.05) is 13.1 Å². The van der Waals surface area contributed by atoms with Crippen molar-refractivity contribution >= 4 is 6.41 Å². The van der Waals surface area contributed by atoms with Gasteiger partial charge in [0.05, 0.1) is 6.61 Å². The molecule has 0 aliphatic heterocycles. The van der Waals surface area contributed by atoms with Crippen LogP contribution in [0.4, 0.5) is 0 Å². The standard InChI is InChI=1S/C7H13NO2/c9-4-3-8(6-10)5-7-1-2-7/h6-7,9H,1-5H2. The summed E-state index contributed by atoms with van der Waals surface area (Å²) in [6.07, 6.45) is 3.31. The molecule has 1 aliphatic rings. The Bertz CT molecular complexity index is 112. The number of carbonyl (C=O) groups is 1. The van der Waals surface area contributed by atoms with Gasteiger partial charge in [-0.1, -0.05) is 0 Å². The normalized spacial score (nSPS) is 16.9. The van der Waals surface area contributed by atoms with Gasteiger partial charge >= 0.3 is 0 Å². The van der Waals surface area contributed by atoms with E-state index in [4.69, 9.17) is 5.11 Å². The largest absolute Gasteiger partial charge is 0.395 e. The average Bonchev–Trinajstić information content (AvgIpc) is 2.71. The fraction of sp³-hybridized carbons (Fsp3) is 0.857. The molecule has 58 valence electrons. The molecule has 0 aromatic carbocycles. The van der Waals surface area contributed by atoms with E-state index >= 15 is 0 Å². The number of amides is 1. The smallest absolute Gasteiger partial charge is 0.209 e. The maximum atomic E-state index is 10.3. The molecule has 1 fully saturated rings. The highest BCUT2D eigenvalue weighted by Crippen LogP contribution is 2.29. The number of nitrogens with zero attached hydrogens (tertiary/aromatic N) is 1. The predicted molar refractivity (Wildman–Crippen MR) is 37.4 cm³/mol. The van der Waals surface area contributed by atoms with Gasteiger partial charge in [0.15, 0.2) is 0 Å². The number of aliphatic hydroxyl groups is 1. The molecule has 0 radical (unpaired) electrons. The molecule has 0 aromatic heterocycles. The molecule has 3 heteroatoms. The fourth-order valence-electron chi connectivity index (χ4n) is 0.948. The van der Waals surface area contributed by atoms with Crippen molar-refractivity contribution in [1.29, 1.82) is 0 Å². The van der Waals surface area contributed by atoms with Crippen LogP contribution in [0.2, 0.25) is 0 Å². The quantitative estimate of drug-likeness (QED) is 0.543. The third-order valence-corrected chi connectivity index (χ3v) is 1.73. The van der Waals surface area contributed by atoms with Crippen LogP contribution in [0.1, 0.15) is 12.8 Å². The summed E-state index contributed by atoms with van der Waals surface area (Å²) in [7, 11) is 0. The van der Waals surface area contributed by atoms with Crippen molar-refractivity contribution in [3.8, 4) is 0 Å². The Balaban J connectivity index is 2.11. The monoisotopic (exact) mass is 143 g/mol. The predicted octanol–water partition coefficient (Wildman–Crippen LogP) is -0.153. The van der Waals surface area contributed by atoms with E-state index in [0.29, 0.717) is 6.54 Å². The molecule has 1 aliphatic carbocycles. The van der Waals surface area contributed by atoms with Gasteiger partial charge in [-0.3, -0.25) is 4.79 Å². The van der Waals surface area contributed by atoms with E-state index < -0.39 is 0 Å². The zero-order valence-electron chi connectivity index (χ0n) is 5.99. The van der Waals surface area contributed by atoms with Crippen LogP contribution in [0.5, 0.6) is 0 Å². The Morgan fingerprint density at radius 2 is 2.30 bits per heavy atom. The highest BCUT2D eigenvalue weighted by Gasteiger charge is 2.23. The average molecular weight is 143 g/mol. The van der Waals surface area contributed by atoms with Crippen molar-refractivity contribution in [1.82, 2.24) is 4.90 Å². The summed E-state index contributed by atoms with van der Waals surface area (Å²) < 4.78 is 0. The van der Waals surface area contributed by atoms with Crippen LogP contribution >= 0.6 is 0 Å². The minimum Gasteiger partial charge on any atom is -0.395 e. The molecule has 1 rings (SSSR count). The van der Waals surface area contributed by atoms with Crippen LogP contribution in [0, 0.1) is 5.92 Å². The van der Waals surface area contributed by atoms with Crippen LogP contribution in [0.15, 0.2) is 0 Å². The van der Waals surface area contributed by atoms with Crippen molar-refractivity contribution in [3.05, 3.63) is 0 Å². The van der Waals surface area contributed by atoms with Gasteiger partial charge in [0.2, 0.25) is 6.41 Å². The SMILES string of the molecule is O=CN(CCO)CC1CC1. The van der Waals surface area contributed by atoms with E-state index in [0.717, 1.165) is 18.9 Å². The van der Waals surface area contributed by atoms with Crippen LogP contribution in [0.3, 0.4) is 0 Å². The number of hydrogen-bond donors (Lipinski definition) is 1. The molecule has 1 amide bonds. The lowest BCUT2D eigenvalue weighted by Gasteiger charge is -2.14. The van der Waals surface area contributed by atoms with Crippen LogP contribution in [-0.4, -0.2) is 36.1 Å². The highest BCUT2D eigenvalue weighted by molar-refractivity contribution is 5.46. The maximum Gasteiger partial charge on any atom is 0.209 e. The first-order valence-corrected chi connectivity index (χ1v) is 3.67. The zero-order valence-corrected chi connectivity index (χ0v) is 5.99. The highest BCUT2D eigenvalue weighted by atomic mass is 16.3. The summed E-state index contributed by atoms with van der Waals surface area (Å²) in [5.41, 5.74) is 0. The Hall–Kier alpha value is -0.570. The number of aliphatic hydroxyl groups excluding tert-OH is 1. The first-order chi connectivity index (χ1) is 4.86. The molecule has 1 saturated carbocycles. The molecule has 0 heterocycles. The van der Waals surface area contributed by atoms with Crippen molar-refractivity contribution < 1.29 is 9.90 Å². The van der Waals surface area contributed by atoms with Crippen molar-refractivity contribution in [2.24, 2.45) is 5.92 Å². The summed E-state index contributed by atoms with van der Waals surface area (Å²) in [5, 5.41) is 8.50. The molecule has 1 N–H and O–H groups in total. The van der Waals surface area contributed by atoms with Gasteiger partial charge in [-0.25, -0.2) is 0 Å². The summed E-state index contributed by atoms with van der Waals surface area (Å²) in [6.45, 7) is 1.40. The van der Waals surface area contributed by atoms with Gasteiger partial charge in [-0.05, 0) is 18.8 Å². The molecule has 0 atom stereocenters. The molecular weight excluding hydrogens is 130 g/mol. The van der Waals surface area contributed by atoms with Crippen molar-refractivity contribution in [2.75, 3.05) is 19.7 Å². The number of hydrogen-bond acceptors (Lipinski definition) is 2. The molecule has 3 nitrogen and oxygen atoms in total. The van der Waals surface area contributed by atoms with E-state index in [1.165, 1.54) is 12.8 Å². The Kier molecular flexibility index (Phi) is 2.68. The van der Waals surface area contributed by atoms with Crippen molar-refractivity contribution in [3.63, 3.8) is 0 Å². The second-order valence-electron chi connectivity index (χ2n) is 2.77. The van der Waals surface area contributed by atoms with Gasteiger partial charge in [0.1, 0.15) is 0 Å². The third kappa shape index (κ3) is 2.35. The lowest BCUT2D eigenvalue weighted by Crippen LogP contribution is -2.27. The molecule has 0 spiro atoms. The molecule has 0 bridgehead atoms. The topological polar surface area (TPSA) is 40.5 Å². The minimum atomic E-state index is 0.0749. The lowest BCUT2D eigenvalue weighted by molar-refractivity contribution is -0.118. The summed E-state index contributed by atoms with van der Waals surface area (Å²) in [5.74, 6) is 0.719. The van der Waals surface area contributed by atoms with Gasteiger partial charge in [0.25, 0.3) is 0 Å². The molecule has 0 unspecified atom stereocenters. The van der Waals surface area contributed by atoms with E-state index in [1.54, 1.807) is 4.90 Å². The maximum absolute atomic E-state index is 10.3. The van der Waals surface area contributed by atoms with E-state index in [-0.39, 0.29) is 6.61 Å². The number of rotatable bonds is 5. The van der Waals surface area contributed by atoms with Gasteiger partial charge in [-0.15, -0.1) is 0 Å². The first kappa shape index (κ1) is 7.54. The van der Waals surface area contributed by atoms with Crippen molar-refractivity contribution in [2.45, 2.75) is 12.8 Å².